The lowest BCUT2D eigenvalue weighted by atomic mass is 10.2. The summed E-state index contributed by atoms with van der Waals surface area (Å²) in [6.45, 7) is 3.59. The average Bonchev–Trinajstić information content (AvgIpc) is 2.64. The number of halogens is 1. The summed E-state index contributed by atoms with van der Waals surface area (Å²) in [5, 5.41) is 8.76. The van der Waals surface area contributed by atoms with Gasteiger partial charge in [-0.3, -0.25) is 4.79 Å². The van der Waals surface area contributed by atoms with Crippen LogP contribution in [0.3, 0.4) is 0 Å². The van der Waals surface area contributed by atoms with E-state index in [1.54, 1.807) is 13.0 Å². The number of carbonyl (C=O) groups excluding carboxylic acids is 1. The molecule has 17 heavy (non-hydrogen) atoms. The van der Waals surface area contributed by atoms with Gasteiger partial charge in [-0.1, -0.05) is 17.7 Å². The highest BCUT2D eigenvalue weighted by atomic mass is 35.5. The summed E-state index contributed by atoms with van der Waals surface area (Å²) in [4.78, 5) is 12.4. The molecule has 2 rings (SSSR count). The number of amides is 1. The van der Waals surface area contributed by atoms with E-state index in [1.807, 2.05) is 19.1 Å². The molecule has 0 aliphatic heterocycles. The van der Waals surface area contributed by atoms with Crippen molar-refractivity contribution in [2.24, 2.45) is 5.73 Å². The van der Waals surface area contributed by atoms with Gasteiger partial charge in [-0.05, 0) is 31.5 Å². The summed E-state index contributed by atoms with van der Waals surface area (Å²) in [6.07, 6.45) is 0. The van der Waals surface area contributed by atoms with Gasteiger partial charge in [0.05, 0.1) is 11.4 Å². The lowest BCUT2D eigenvalue weighted by molar-refractivity contribution is 0.0994. The molecule has 0 unspecified atom stereocenters. The topological polar surface area (TPSA) is 73.8 Å². The first-order valence-electron chi connectivity index (χ1n) is 4.99. The Kier molecular flexibility index (Phi) is 2.85. The maximum absolute atomic E-state index is 11.1. The summed E-state index contributed by atoms with van der Waals surface area (Å²) < 4.78 is 0. The van der Waals surface area contributed by atoms with Crippen LogP contribution in [0, 0.1) is 13.8 Å². The lowest BCUT2D eigenvalue weighted by Crippen LogP contribution is -2.13. The molecule has 0 atom stereocenters. The highest BCUT2D eigenvalue weighted by Gasteiger charge is 2.13. The SMILES string of the molecule is Cc1ccc(-n2nc(C)c(C(N)=O)n2)cc1Cl. The van der Waals surface area contributed by atoms with Crippen LogP contribution < -0.4 is 5.73 Å². The number of nitrogens with zero attached hydrogens (tertiary/aromatic N) is 3. The van der Waals surface area contributed by atoms with Crippen molar-refractivity contribution < 1.29 is 4.79 Å². The Hall–Kier alpha value is -1.88. The van der Waals surface area contributed by atoms with Crippen LogP contribution in [0.2, 0.25) is 5.02 Å². The van der Waals surface area contributed by atoms with Crippen LogP contribution in [-0.2, 0) is 0 Å². The number of aryl methyl sites for hydroxylation is 2. The Labute approximate surface area is 103 Å². The molecule has 5 nitrogen and oxygen atoms in total. The van der Waals surface area contributed by atoms with E-state index >= 15 is 0 Å². The van der Waals surface area contributed by atoms with Gasteiger partial charge >= 0.3 is 0 Å². The first kappa shape index (κ1) is 11.6. The van der Waals surface area contributed by atoms with Gasteiger partial charge < -0.3 is 5.73 Å². The van der Waals surface area contributed by atoms with E-state index in [2.05, 4.69) is 10.2 Å². The Morgan fingerprint density at radius 3 is 2.59 bits per heavy atom. The Balaban J connectivity index is 2.50. The van der Waals surface area contributed by atoms with Gasteiger partial charge in [0.15, 0.2) is 5.69 Å². The Morgan fingerprint density at radius 2 is 2.06 bits per heavy atom. The third-order valence-corrected chi connectivity index (χ3v) is 2.81. The van der Waals surface area contributed by atoms with E-state index in [1.165, 1.54) is 4.80 Å². The monoisotopic (exact) mass is 250 g/mol. The first-order chi connectivity index (χ1) is 7.99. The number of primary amides is 1. The Morgan fingerprint density at radius 1 is 1.35 bits per heavy atom. The number of hydrogen-bond acceptors (Lipinski definition) is 3. The number of benzene rings is 1. The van der Waals surface area contributed by atoms with E-state index < -0.39 is 5.91 Å². The molecule has 1 aromatic heterocycles. The standard InChI is InChI=1S/C11H11ClN4O/c1-6-3-4-8(5-9(6)12)16-14-7(2)10(15-16)11(13)17/h3-5H,1-2H3,(H2,13,17). The smallest absolute Gasteiger partial charge is 0.271 e. The fourth-order valence-corrected chi connectivity index (χ4v) is 1.60. The predicted octanol–water partition coefficient (Wildman–Crippen LogP) is 1.64. The third-order valence-electron chi connectivity index (χ3n) is 2.40. The molecular weight excluding hydrogens is 240 g/mol. The van der Waals surface area contributed by atoms with Crippen LogP contribution >= 0.6 is 11.6 Å². The van der Waals surface area contributed by atoms with Crippen molar-refractivity contribution >= 4 is 17.5 Å². The molecule has 1 aromatic carbocycles. The van der Waals surface area contributed by atoms with Crippen molar-refractivity contribution in [1.29, 1.82) is 0 Å². The molecule has 1 heterocycles. The number of rotatable bonds is 2. The molecule has 0 saturated carbocycles. The predicted molar refractivity (Wildman–Crippen MR) is 64.4 cm³/mol. The number of nitrogens with two attached hydrogens (primary N) is 1. The molecule has 0 radical (unpaired) electrons. The van der Waals surface area contributed by atoms with Crippen molar-refractivity contribution in [2.45, 2.75) is 13.8 Å². The highest BCUT2D eigenvalue weighted by molar-refractivity contribution is 6.31. The van der Waals surface area contributed by atoms with E-state index in [-0.39, 0.29) is 5.69 Å². The third kappa shape index (κ3) is 2.14. The fraction of sp³-hybridized carbons (Fsp3) is 0.182. The minimum Gasteiger partial charge on any atom is -0.364 e. The van der Waals surface area contributed by atoms with Gasteiger partial charge in [-0.25, -0.2) is 0 Å². The van der Waals surface area contributed by atoms with Crippen LogP contribution in [0.15, 0.2) is 18.2 Å². The van der Waals surface area contributed by atoms with Crippen LogP contribution in [-0.4, -0.2) is 20.9 Å². The van der Waals surface area contributed by atoms with Crippen LogP contribution in [0.4, 0.5) is 0 Å². The first-order valence-corrected chi connectivity index (χ1v) is 5.37. The van der Waals surface area contributed by atoms with E-state index in [0.29, 0.717) is 16.4 Å². The molecule has 0 saturated heterocycles. The number of aromatic nitrogens is 3. The minimum absolute atomic E-state index is 0.168. The molecule has 0 aliphatic rings. The van der Waals surface area contributed by atoms with Crippen molar-refractivity contribution in [3.63, 3.8) is 0 Å². The molecule has 6 heteroatoms. The average molecular weight is 251 g/mol. The zero-order valence-corrected chi connectivity index (χ0v) is 10.2. The Bertz CT molecular complexity index is 591. The van der Waals surface area contributed by atoms with Crippen LogP contribution in [0.25, 0.3) is 5.69 Å². The molecule has 2 N–H and O–H groups in total. The second kappa shape index (κ2) is 4.18. The molecule has 88 valence electrons. The lowest BCUT2D eigenvalue weighted by Gasteiger charge is -2.02. The maximum Gasteiger partial charge on any atom is 0.271 e. The van der Waals surface area contributed by atoms with E-state index in [4.69, 9.17) is 17.3 Å². The van der Waals surface area contributed by atoms with Gasteiger partial charge in [0.1, 0.15) is 0 Å². The van der Waals surface area contributed by atoms with E-state index in [9.17, 15) is 4.79 Å². The number of hydrogen-bond donors (Lipinski definition) is 1. The van der Waals surface area contributed by atoms with Crippen LogP contribution in [0.1, 0.15) is 21.7 Å². The highest BCUT2D eigenvalue weighted by Crippen LogP contribution is 2.18. The molecular formula is C11H11ClN4O. The normalized spacial score (nSPS) is 10.5. The zero-order valence-electron chi connectivity index (χ0n) is 9.44. The van der Waals surface area contributed by atoms with Gasteiger partial charge in [0, 0.05) is 5.02 Å². The molecule has 0 fully saturated rings. The quantitative estimate of drug-likeness (QED) is 0.880. The summed E-state index contributed by atoms with van der Waals surface area (Å²) >= 11 is 6.01. The summed E-state index contributed by atoms with van der Waals surface area (Å²) in [5.74, 6) is -0.591. The van der Waals surface area contributed by atoms with Crippen molar-refractivity contribution in [3.8, 4) is 5.69 Å². The molecule has 1 amide bonds. The van der Waals surface area contributed by atoms with Crippen molar-refractivity contribution in [2.75, 3.05) is 0 Å². The zero-order chi connectivity index (χ0) is 12.6. The molecule has 2 aromatic rings. The largest absolute Gasteiger partial charge is 0.364 e. The minimum atomic E-state index is -0.591. The van der Waals surface area contributed by atoms with Gasteiger partial charge in [-0.2, -0.15) is 9.90 Å². The summed E-state index contributed by atoms with van der Waals surface area (Å²) in [6, 6.07) is 5.42. The maximum atomic E-state index is 11.1. The molecule has 0 spiro atoms. The van der Waals surface area contributed by atoms with Gasteiger partial charge in [-0.15, -0.1) is 5.10 Å². The summed E-state index contributed by atoms with van der Waals surface area (Å²) in [5.41, 5.74) is 7.50. The van der Waals surface area contributed by atoms with Crippen molar-refractivity contribution in [3.05, 3.63) is 40.2 Å². The van der Waals surface area contributed by atoms with Crippen LogP contribution in [0.5, 0.6) is 0 Å². The van der Waals surface area contributed by atoms with Gasteiger partial charge in [0.25, 0.3) is 5.91 Å². The fourth-order valence-electron chi connectivity index (χ4n) is 1.43. The van der Waals surface area contributed by atoms with E-state index in [0.717, 1.165) is 5.56 Å². The number of carbonyl (C=O) groups is 1. The summed E-state index contributed by atoms with van der Waals surface area (Å²) in [7, 11) is 0. The van der Waals surface area contributed by atoms with Gasteiger partial charge in [0.2, 0.25) is 0 Å². The second-order valence-electron chi connectivity index (χ2n) is 3.72. The molecule has 0 bridgehead atoms. The second-order valence-corrected chi connectivity index (χ2v) is 4.13. The van der Waals surface area contributed by atoms with Crippen molar-refractivity contribution in [1.82, 2.24) is 15.0 Å². The molecule has 0 aliphatic carbocycles.